The van der Waals surface area contributed by atoms with Crippen LogP contribution in [-0.4, -0.2) is 0 Å². The van der Waals surface area contributed by atoms with E-state index in [1.165, 1.54) is 57.8 Å². The fourth-order valence-electron chi connectivity index (χ4n) is 1.64. The molecule has 0 heteroatoms. The lowest BCUT2D eigenvalue weighted by molar-refractivity contribution is 0.611. The minimum absolute atomic E-state index is 1.20. The van der Waals surface area contributed by atoms with E-state index < -0.39 is 0 Å². The summed E-state index contributed by atoms with van der Waals surface area (Å²) in [5, 5.41) is 0. The van der Waals surface area contributed by atoms with Crippen molar-refractivity contribution in [3.63, 3.8) is 0 Å². The Morgan fingerprint density at radius 1 is 0.667 bits per heavy atom. The van der Waals surface area contributed by atoms with Crippen LogP contribution in [-0.2, 0) is 0 Å². The Morgan fingerprint density at radius 2 is 1.27 bits per heavy atom. The lowest BCUT2D eigenvalue weighted by Crippen LogP contribution is -1.77. The van der Waals surface area contributed by atoms with Crippen LogP contribution in [0.2, 0.25) is 0 Å². The molecule has 0 aromatic rings. The van der Waals surface area contributed by atoms with E-state index >= 15 is 0 Å². The maximum absolute atomic E-state index is 2.35. The minimum atomic E-state index is 1.20. The fraction of sp³-hybridized carbons (Fsp3) is 0.733. The molecule has 0 heterocycles. The molecule has 0 amide bonds. The molecule has 0 saturated heterocycles. The molecule has 0 bridgehead atoms. The maximum Gasteiger partial charge on any atom is -0.0316 e. The summed E-state index contributed by atoms with van der Waals surface area (Å²) in [5.74, 6) is 0. The van der Waals surface area contributed by atoms with Crippen LogP contribution < -0.4 is 0 Å². The van der Waals surface area contributed by atoms with Gasteiger partial charge in [0.2, 0.25) is 0 Å². The van der Waals surface area contributed by atoms with Crippen LogP contribution in [0.1, 0.15) is 71.6 Å². The molecule has 0 aliphatic carbocycles. The molecule has 0 N–H and O–H groups in total. The van der Waals surface area contributed by atoms with Gasteiger partial charge >= 0.3 is 0 Å². The Labute approximate surface area is 96.5 Å². The first-order valence-electron chi connectivity index (χ1n) is 6.68. The SMILES string of the molecule is CC=CCCC=CCCCCCCCC. The molecule has 0 spiro atoms. The highest BCUT2D eigenvalue weighted by atomic mass is 13.9. The molecule has 0 radical (unpaired) electrons. The molecule has 0 aliphatic rings. The van der Waals surface area contributed by atoms with Gasteiger partial charge in [0.25, 0.3) is 0 Å². The largest absolute Gasteiger partial charge is 0.0917 e. The predicted octanol–water partition coefficient (Wildman–Crippen LogP) is 5.65. The molecule has 15 heavy (non-hydrogen) atoms. The summed E-state index contributed by atoms with van der Waals surface area (Å²) in [6, 6.07) is 0. The van der Waals surface area contributed by atoms with Crippen molar-refractivity contribution in [2.75, 3.05) is 0 Å². The van der Waals surface area contributed by atoms with Gasteiger partial charge in [0, 0.05) is 0 Å². The number of hydrogen-bond donors (Lipinski definition) is 0. The summed E-state index contributed by atoms with van der Waals surface area (Å²) in [6.07, 6.45) is 21.1. The molecule has 0 aliphatic heterocycles. The van der Waals surface area contributed by atoms with Gasteiger partial charge in [-0.1, -0.05) is 63.3 Å². The zero-order chi connectivity index (χ0) is 11.2. The van der Waals surface area contributed by atoms with E-state index in [1.54, 1.807) is 0 Å². The summed E-state index contributed by atoms with van der Waals surface area (Å²) in [5.41, 5.74) is 0. The van der Waals surface area contributed by atoms with Crippen molar-refractivity contribution in [2.45, 2.75) is 71.6 Å². The normalized spacial score (nSPS) is 11.9. The van der Waals surface area contributed by atoms with Crippen molar-refractivity contribution in [3.8, 4) is 0 Å². The van der Waals surface area contributed by atoms with E-state index in [0.29, 0.717) is 0 Å². The number of unbranched alkanes of at least 4 members (excludes halogenated alkanes) is 7. The first kappa shape index (κ1) is 14.5. The van der Waals surface area contributed by atoms with Gasteiger partial charge in [0.1, 0.15) is 0 Å². The lowest BCUT2D eigenvalue weighted by Gasteiger charge is -1.97. The van der Waals surface area contributed by atoms with Crippen LogP contribution in [0.3, 0.4) is 0 Å². The van der Waals surface area contributed by atoms with Gasteiger partial charge < -0.3 is 0 Å². The maximum atomic E-state index is 2.35. The first-order chi connectivity index (χ1) is 7.41. The molecular formula is C15H28. The molecule has 0 aromatic carbocycles. The van der Waals surface area contributed by atoms with E-state index in [-0.39, 0.29) is 0 Å². The molecule has 0 rings (SSSR count). The predicted molar refractivity (Wildman–Crippen MR) is 71.2 cm³/mol. The highest BCUT2D eigenvalue weighted by molar-refractivity contribution is 4.86. The van der Waals surface area contributed by atoms with Crippen molar-refractivity contribution in [3.05, 3.63) is 24.3 Å². The molecule has 0 aromatic heterocycles. The summed E-state index contributed by atoms with van der Waals surface area (Å²) in [4.78, 5) is 0. The standard InChI is InChI=1S/C15H28/c1-3-5-7-9-11-13-15-14-12-10-8-6-4-2/h3,5,11,13H,4,6-10,12,14-15H2,1-2H3. The van der Waals surface area contributed by atoms with E-state index in [2.05, 4.69) is 38.2 Å². The molecule has 0 nitrogen and oxygen atoms in total. The average molecular weight is 208 g/mol. The topological polar surface area (TPSA) is 0 Å². The third-order valence-electron chi connectivity index (χ3n) is 2.63. The van der Waals surface area contributed by atoms with Gasteiger partial charge in [-0.2, -0.15) is 0 Å². The molecule has 0 fully saturated rings. The van der Waals surface area contributed by atoms with E-state index in [4.69, 9.17) is 0 Å². The van der Waals surface area contributed by atoms with Crippen LogP contribution in [0.5, 0.6) is 0 Å². The summed E-state index contributed by atoms with van der Waals surface area (Å²) >= 11 is 0. The molecule has 88 valence electrons. The van der Waals surface area contributed by atoms with Gasteiger partial charge in [0.15, 0.2) is 0 Å². The second kappa shape index (κ2) is 13.5. The van der Waals surface area contributed by atoms with E-state index in [9.17, 15) is 0 Å². The summed E-state index contributed by atoms with van der Waals surface area (Å²) in [7, 11) is 0. The Bertz CT molecular complexity index is 153. The van der Waals surface area contributed by atoms with Crippen molar-refractivity contribution in [1.82, 2.24) is 0 Å². The minimum Gasteiger partial charge on any atom is -0.0917 e. The second-order valence-electron chi connectivity index (χ2n) is 4.17. The van der Waals surface area contributed by atoms with Crippen LogP contribution in [0, 0.1) is 0 Å². The molecule has 0 unspecified atom stereocenters. The zero-order valence-corrected chi connectivity index (χ0v) is 10.7. The van der Waals surface area contributed by atoms with Gasteiger partial charge in [-0.25, -0.2) is 0 Å². The monoisotopic (exact) mass is 208 g/mol. The van der Waals surface area contributed by atoms with Crippen molar-refractivity contribution in [2.24, 2.45) is 0 Å². The Hall–Kier alpha value is -0.520. The molecular weight excluding hydrogens is 180 g/mol. The van der Waals surface area contributed by atoms with Crippen molar-refractivity contribution >= 4 is 0 Å². The lowest BCUT2D eigenvalue weighted by atomic mass is 10.1. The van der Waals surface area contributed by atoms with Gasteiger partial charge in [-0.15, -0.1) is 0 Å². The van der Waals surface area contributed by atoms with E-state index in [1.807, 2.05) is 0 Å². The second-order valence-corrected chi connectivity index (χ2v) is 4.17. The van der Waals surface area contributed by atoms with Crippen LogP contribution in [0.25, 0.3) is 0 Å². The average Bonchev–Trinajstić information content (AvgIpc) is 2.26. The summed E-state index contributed by atoms with van der Waals surface area (Å²) in [6.45, 7) is 4.35. The van der Waals surface area contributed by atoms with Gasteiger partial charge in [0.05, 0.1) is 0 Å². The highest BCUT2D eigenvalue weighted by Crippen LogP contribution is 2.07. The van der Waals surface area contributed by atoms with Crippen LogP contribution in [0.15, 0.2) is 24.3 Å². The van der Waals surface area contributed by atoms with E-state index in [0.717, 1.165) is 0 Å². The molecule has 0 saturated carbocycles. The van der Waals surface area contributed by atoms with Crippen LogP contribution >= 0.6 is 0 Å². The van der Waals surface area contributed by atoms with Crippen molar-refractivity contribution < 1.29 is 0 Å². The zero-order valence-electron chi connectivity index (χ0n) is 10.7. The van der Waals surface area contributed by atoms with Gasteiger partial charge in [-0.05, 0) is 32.6 Å². The highest BCUT2D eigenvalue weighted by Gasteiger charge is 1.87. The number of hydrogen-bond acceptors (Lipinski definition) is 0. The summed E-state index contributed by atoms with van der Waals surface area (Å²) < 4.78 is 0. The first-order valence-corrected chi connectivity index (χ1v) is 6.68. The quantitative estimate of drug-likeness (QED) is 0.321. The fourth-order valence-corrected chi connectivity index (χ4v) is 1.64. The Balaban J connectivity index is 3.03. The smallest absolute Gasteiger partial charge is 0.0316 e. The third-order valence-corrected chi connectivity index (χ3v) is 2.63. The van der Waals surface area contributed by atoms with Gasteiger partial charge in [-0.3, -0.25) is 0 Å². The Morgan fingerprint density at radius 3 is 2.00 bits per heavy atom. The Kier molecular flexibility index (Phi) is 13.0. The molecule has 0 atom stereocenters. The number of rotatable bonds is 10. The number of allylic oxidation sites excluding steroid dienone is 4. The van der Waals surface area contributed by atoms with Crippen LogP contribution in [0.4, 0.5) is 0 Å². The third kappa shape index (κ3) is 13.5. The van der Waals surface area contributed by atoms with Crippen molar-refractivity contribution in [1.29, 1.82) is 0 Å².